The summed E-state index contributed by atoms with van der Waals surface area (Å²) in [6.07, 6.45) is 4.80. The fraction of sp³-hybridized carbons (Fsp3) is 0.458. The fourth-order valence-corrected chi connectivity index (χ4v) is 3.93. The highest BCUT2D eigenvalue weighted by Crippen LogP contribution is 2.23. The molecule has 2 heterocycles. The molecule has 1 atom stereocenters. The maximum atomic E-state index is 11.3. The Morgan fingerprint density at radius 2 is 1.93 bits per heavy atom. The van der Waals surface area contributed by atoms with Crippen molar-refractivity contribution in [2.75, 3.05) is 32.8 Å². The van der Waals surface area contributed by atoms with Crippen molar-refractivity contribution in [2.45, 2.75) is 38.1 Å². The first kappa shape index (κ1) is 19.8. The Balaban J connectivity index is 1.28. The van der Waals surface area contributed by atoms with Gasteiger partial charge in [0, 0.05) is 24.9 Å². The summed E-state index contributed by atoms with van der Waals surface area (Å²) in [5.74, 6) is 1.86. The summed E-state index contributed by atoms with van der Waals surface area (Å²) in [5, 5.41) is 2.94. The quantitative estimate of drug-likeness (QED) is 0.711. The second kappa shape index (κ2) is 9.79. The Labute approximate surface area is 173 Å². The number of ether oxygens (including phenoxy) is 2. The molecular weight excluding hydrogens is 364 g/mol. The van der Waals surface area contributed by atoms with Crippen LogP contribution in [-0.4, -0.2) is 49.7 Å². The van der Waals surface area contributed by atoms with Gasteiger partial charge in [0.1, 0.15) is 24.7 Å². The topological polar surface area (TPSA) is 50.8 Å². The smallest absolute Gasteiger partial charge is 0.220 e. The van der Waals surface area contributed by atoms with Gasteiger partial charge in [-0.05, 0) is 62.2 Å². The number of likely N-dealkylation sites (tertiary alicyclic amines) is 1. The summed E-state index contributed by atoms with van der Waals surface area (Å²) in [6, 6.07) is 17.5. The third-order valence-corrected chi connectivity index (χ3v) is 5.60. The van der Waals surface area contributed by atoms with Crippen LogP contribution in [0.25, 0.3) is 0 Å². The van der Waals surface area contributed by atoms with E-state index in [0.29, 0.717) is 13.0 Å². The molecule has 0 aromatic heterocycles. The van der Waals surface area contributed by atoms with E-state index in [-0.39, 0.29) is 11.9 Å². The van der Waals surface area contributed by atoms with Gasteiger partial charge in [0.05, 0.1) is 6.04 Å². The molecule has 4 rings (SSSR count). The molecule has 5 heteroatoms. The minimum atomic E-state index is 0.104. The lowest BCUT2D eigenvalue weighted by Crippen LogP contribution is -2.31. The largest absolute Gasteiger partial charge is 0.492 e. The number of carbonyl (C=O) groups is 1. The van der Waals surface area contributed by atoms with Crippen LogP contribution in [0.3, 0.4) is 0 Å². The van der Waals surface area contributed by atoms with Gasteiger partial charge in [-0.25, -0.2) is 0 Å². The lowest BCUT2D eigenvalue weighted by Gasteiger charge is -2.16. The molecule has 1 N–H and O–H groups in total. The highest BCUT2D eigenvalue weighted by atomic mass is 16.5. The molecule has 0 saturated carbocycles. The molecule has 5 nitrogen and oxygen atoms in total. The summed E-state index contributed by atoms with van der Waals surface area (Å²) < 4.78 is 11.9. The number of nitrogens with zero attached hydrogens (tertiary/aromatic N) is 1. The number of amides is 1. The van der Waals surface area contributed by atoms with Gasteiger partial charge in [-0.2, -0.15) is 0 Å². The predicted octanol–water partition coefficient (Wildman–Crippen LogP) is 3.21. The molecule has 2 aliphatic heterocycles. The number of carbonyl (C=O) groups excluding carboxylic acids is 1. The number of benzene rings is 2. The van der Waals surface area contributed by atoms with Gasteiger partial charge in [0.15, 0.2) is 0 Å². The Bertz CT molecular complexity index is 800. The van der Waals surface area contributed by atoms with Crippen LogP contribution in [0.5, 0.6) is 11.5 Å². The van der Waals surface area contributed by atoms with Crippen LogP contribution in [0.1, 0.15) is 36.8 Å². The van der Waals surface area contributed by atoms with Crippen molar-refractivity contribution in [1.82, 2.24) is 10.2 Å². The van der Waals surface area contributed by atoms with Gasteiger partial charge in [-0.15, -0.1) is 0 Å². The highest BCUT2D eigenvalue weighted by molar-refractivity contribution is 5.78. The third-order valence-electron chi connectivity index (χ3n) is 5.60. The van der Waals surface area contributed by atoms with Crippen molar-refractivity contribution in [3.8, 4) is 11.5 Å². The first-order valence-corrected chi connectivity index (χ1v) is 10.6. The zero-order valence-corrected chi connectivity index (χ0v) is 16.9. The zero-order valence-electron chi connectivity index (χ0n) is 16.9. The average molecular weight is 394 g/mol. The summed E-state index contributed by atoms with van der Waals surface area (Å²) in [5.41, 5.74) is 2.22. The van der Waals surface area contributed by atoms with E-state index in [1.807, 2.05) is 30.3 Å². The standard InChI is InChI=1S/C24H29N2O3/c27-24-12-9-21(25-24)18-29-23-6-2-1-5-20(23)17-19-7-10-22(11-8-19)28-16-15-26-13-3-4-14-26/h1-2,6-8,10-11,21H,3-4,9,12-18H2,(H,25,27). The third kappa shape index (κ3) is 5.73. The van der Waals surface area contributed by atoms with E-state index in [4.69, 9.17) is 9.47 Å². The molecule has 1 radical (unpaired) electrons. The molecule has 1 unspecified atom stereocenters. The predicted molar refractivity (Wildman–Crippen MR) is 112 cm³/mol. The van der Waals surface area contributed by atoms with E-state index in [1.54, 1.807) is 0 Å². The van der Waals surface area contributed by atoms with Crippen molar-refractivity contribution < 1.29 is 14.3 Å². The van der Waals surface area contributed by atoms with E-state index in [9.17, 15) is 4.79 Å². The molecule has 0 bridgehead atoms. The second-order valence-corrected chi connectivity index (χ2v) is 7.84. The average Bonchev–Trinajstić information content (AvgIpc) is 3.40. The second-order valence-electron chi connectivity index (χ2n) is 7.84. The summed E-state index contributed by atoms with van der Waals surface area (Å²) in [4.78, 5) is 13.8. The Morgan fingerprint density at radius 3 is 2.69 bits per heavy atom. The van der Waals surface area contributed by atoms with Crippen molar-refractivity contribution in [1.29, 1.82) is 0 Å². The maximum absolute atomic E-state index is 11.3. The highest BCUT2D eigenvalue weighted by Gasteiger charge is 2.21. The van der Waals surface area contributed by atoms with Crippen LogP contribution < -0.4 is 14.8 Å². The summed E-state index contributed by atoms with van der Waals surface area (Å²) in [7, 11) is 0. The maximum Gasteiger partial charge on any atom is 0.220 e. The lowest BCUT2D eigenvalue weighted by molar-refractivity contribution is -0.119. The van der Waals surface area contributed by atoms with E-state index in [1.165, 1.54) is 31.5 Å². The van der Waals surface area contributed by atoms with Crippen LogP contribution in [0.4, 0.5) is 0 Å². The molecule has 2 aliphatic rings. The normalized spacial score (nSPS) is 19.3. The SMILES string of the molecule is O=C1CCC(COc2ccc[c]c2Cc2ccc(OCCN3CCCC3)cc2)N1. The Morgan fingerprint density at radius 1 is 1.10 bits per heavy atom. The monoisotopic (exact) mass is 393 g/mol. The lowest BCUT2D eigenvalue weighted by atomic mass is 10.0. The van der Waals surface area contributed by atoms with Crippen LogP contribution in [0, 0.1) is 6.07 Å². The summed E-state index contributed by atoms with van der Waals surface area (Å²) >= 11 is 0. The van der Waals surface area contributed by atoms with Crippen LogP contribution in [0.2, 0.25) is 0 Å². The van der Waals surface area contributed by atoms with Crippen LogP contribution in [0.15, 0.2) is 42.5 Å². The molecule has 2 fully saturated rings. The van der Waals surface area contributed by atoms with Crippen molar-refractivity contribution in [3.05, 3.63) is 59.7 Å². The molecular formula is C24H29N2O3. The molecule has 29 heavy (non-hydrogen) atoms. The minimum absolute atomic E-state index is 0.104. The van der Waals surface area contributed by atoms with Crippen molar-refractivity contribution in [2.24, 2.45) is 0 Å². The first-order valence-electron chi connectivity index (χ1n) is 10.6. The minimum Gasteiger partial charge on any atom is -0.492 e. The first-order chi connectivity index (χ1) is 14.3. The molecule has 1 amide bonds. The van der Waals surface area contributed by atoms with Gasteiger partial charge in [-0.3, -0.25) is 9.69 Å². The Hall–Kier alpha value is -2.53. The van der Waals surface area contributed by atoms with Crippen molar-refractivity contribution >= 4 is 5.91 Å². The molecule has 2 saturated heterocycles. The number of hydrogen-bond acceptors (Lipinski definition) is 4. The number of nitrogens with one attached hydrogen (secondary N) is 1. The fourth-order valence-electron chi connectivity index (χ4n) is 3.93. The molecule has 153 valence electrons. The molecule has 0 spiro atoms. The van der Waals surface area contributed by atoms with Gasteiger partial charge >= 0.3 is 0 Å². The van der Waals surface area contributed by atoms with Crippen LogP contribution in [-0.2, 0) is 11.2 Å². The van der Waals surface area contributed by atoms with Gasteiger partial charge in [-0.1, -0.05) is 24.3 Å². The number of hydrogen-bond donors (Lipinski definition) is 1. The van der Waals surface area contributed by atoms with Gasteiger partial charge in [0.2, 0.25) is 5.91 Å². The Kier molecular flexibility index (Phi) is 6.67. The van der Waals surface area contributed by atoms with E-state index in [2.05, 4.69) is 28.4 Å². The molecule has 2 aromatic carbocycles. The molecule has 0 aliphatic carbocycles. The molecule has 2 aromatic rings. The van der Waals surface area contributed by atoms with E-state index < -0.39 is 0 Å². The van der Waals surface area contributed by atoms with Crippen LogP contribution >= 0.6 is 0 Å². The van der Waals surface area contributed by atoms with Gasteiger partial charge in [0.25, 0.3) is 0 Å². The van der Waals surface area contributed by atoms with Crippen molar-refractivity contribution in [3.63, 3.8) is 0 Å². The van der Waals surface area contributed by atoms with Gasteiger partial charge < -0.3 is 14.8 Å². The summed E-state index contributed by atoms with van der Waals surface area (Å²) in [6.45, 7) is 4.64. The van der Waals surface area contributed by atoms with E-state index >= 15 is 0 Å². The zero-order chi connectivity index (χ0) is 19.9. The van der Waals surface area contributed by atoms with E-state index in [0.717, 1.165) is 43.1 Å². The number of rotatable bonds is 9.